The first-order valence-electron chi connectivity index (χ1n) is 17.2. The number of pyridine rings is 2. The van der Waals surface area contributed by atoms with E-state index in [-0.39, 0.29) is 0 Å². The average Bonchev–Trinajstić information content (AvgIpc) is 3.22. The Bertz CT molecular complexity index is 2330. The van der Waals surface area contributed by atoms with Crippen LogP contribution in [0.15, 0.2) is 202 Å². The van der Waals surface area contributed by atoms with Gasteiger partial charge in [0.05, 0.1) is 34.1 Å². The zero-order chi connectivity index (χ0) is 34.4. The number of aromatic nitrogens is 2. The van der Waals surface area contributed by atoms with Crippen molar-refractivity contribution in [1.29, 1.82) is 0 Å². The van der Waals surface area contributed by atoms with Crippen LogP contribution in [0.25, 0.3) is 33.6 Å². The van der Waals surface area contributed by atoms with E-state index in [0.717, 1.165) is 45.0 Å². The highest BCUT2D eigenvalue weighted by molar-refractivity contribution is 8.00. The number of hydrogen-bond acceptors (Lipinski definition) is 6. The van der Waals surface area contributed by atoms with Crippen molar-refractivity contribution in [3.8, 4) is 33.6 Å². The van der Waals surface area contributed by atoms with Crippen molar-refractivity contribution in [2.45, 2.75) is 19.6 Å². The first-order valence-corrected chi connectivity index (χ1v) is 18.9. The normalized spacial score (nSPS) is 12.8. The lowest BCUT2D eigenvalue weighted by molar-refractivity contribution is 1.16. The van der Waals surface area contributed by atoms with Gasteiger partial charge in [0.25, 0.3) is 0 Å². The summed E-state index contributed by atoms with van der Waals surface area (Å²) in [6, 6.07) is 60.3. The second-order valence-corrected chi connectivity index (χ2v) is 14.8. The van der Waals surface area contributed by atoms with Crippen LogP contribution in [0.3, 0.4) is 0 Å². The van der Waals surface area contributed by atoms with E-state index in [2.05, 4.69) is 168 Å². The van der Waals surface area contributed by atoms with Crippen molar-refractivity contribution in [2.75, 3.05) is 9.80 Å². The third-order valence-corrected chi connectivity index (χ3v) is 11.8. The first kappa shape index (κ1) is 30.7. The Kier molecular flexibility index (Phi) is 7.63. The molecule has 2 aliphatic heterocycles. The van der Waals surface area contributed by atoms with Gasteiger partial charge >= 0.3 is 0 Å². The lowest BCUT2D eigenvalue weighted by Gasteiger charge is -2.33. The summed E-state index contributed by atoms with van der Waals surface area (Å²) in [5.74, 6) is 0. The maximum Gasteiger partial charge on any atom is 0.0781 e. The highest BCUT2D eigenvalue weighted by Gasteiger charge is 2.26. The molecule has 0 saturated carbocycles. The monoisotopic (exact) mass is 702 g/mol. The lowest BCUT2D eigenvalue weighted by atomic mass is 9.95. The van der Waals surface area contributed by atoms with Crippen molar-refractivity contribution in [1.82, 2.24) is 9.97 Å². The highest BCUT2D eigenvalue weighted by Crippen LogP contribution is 2.53. The van der Waals surface area contributed by atoms with Crippen LogP contribution in [0.5, 0.6) is 0 Å². The molecule has 0 saturated heterocycles. The minimum absolute atomic E-state index is 0.925. The van der Waals surface area contributed by atoms with Gasteiger partial charge in [-0.2, -0.15) is 0 Å². The van der Waals surface area contributed by atoms with Crippen LogP contribution in [-0.4, -0.2) is 9.97 Å². The molecule has 8 aromatic rings. The molecule has 4 heterocycles. The maximum atomic E-state index is 4.94. The molecule has 0 aliphatic carbocycles. The van der Waals surface area contributed by atoms with E-state index in [0.29, 0.717) is 0 Å². The molecule has 0 fully saturated rings. The smallest absolute Gasteiger partial charge is 0.0781 e. The Hall–Kier alpha value is -6.08. The molecule has 2 aromatic heterocycles. The zero-order valence-corrected chi connectivity index (χ0v) is 29.6. The molecule has 4 nitrogen and oxygen atoms in total. The van der Waals surface area contributed by atoms with Crippen molar-refractivity contribution in [3.05, 3.63) is 182 Å². The third-order valence-electron chi connectivity index (χ3n) is 9.57. The van der Waals surface area contributed by atoms with Gasteiger partial charge in [0.15, 0.2) is 0 Å². The molecule has 6 aromatic carbocycles. The van der Waals surface area contributed by atoms with Crippen molar-refractivity contribution in [2.24, 2.45) is 0 Å². The second kappa shape index (κ2) is 12.9. The molecule has 0 atom stereocenters. The summed E-state index contributed by atoms with van der Waals surface area (Å²) >= 11 is 3.64. The van der Waals surface area contributed by atoms with Gasteiger partial charge in [0, 0.05) is 65.6 Å². The highest BCUT2D eigenvalue weighted by atomic mass is 32.2. The number of fused-ring (bicyclic) bond motifs is 4. The molecule has 0 radical (unpaired) electrons. The quantitative estimate of drug-likeness (QED) is 0.178. The average molecular weight is 703 g/mol. The molecule has 0 bridgehead atoms. The van der Waals surface area contributed by atoms with Gasteiger partial charge in [-0.25, -0.2) is 0 Å². The fraction of sp³-hybridized carbons (Fsp3) is 0. The molecule has 0 amide bonds. The van der Waals surface area contributed by atoms with Gasteiger partial charge in [-0.3, -0.25) is 9.97 Å². The van der Waals surface area contributed by atoms with Crippen LogP contribution in [-0.2, 0) is 0 Å². The van der Waals surface area contributed by atoms with Crippen molar-refractivity contribution in [3.63, 3.8) is 0 Å². The fourth-order valence-corrected chi connectivity index (χ4v) is 9.32. The molecule has 10 rings (SSSR count). The number of rotatable bonds is 5. The van der Waals surface area contributed by atoms with Crippen LogP contribution in [0.1, 0.15) is 0 Å². The van der Waals surface area contributed by atoms with E-state index in [1.807, 2.05) is 48.1 Å². The Morgan fingerprint density at radius 2 is 0.654 bits per heavy atom. The molecule has 0 spiro atoms. The third kappa shape index (κ3) is 5.27. The van der Waals surface area contributed by atoms with Crippen molar-refractivity contribution >= 4 is 57.6 Å². The standard InChI is InChI=1S/C46H30N4S2/c1-5-17-41-37(13-1)49(38-14-2-6-18-42(38)51-41)33-25-21-31(22-26-33)45-35(11-9-29-47-45)36-12-10-30-48-46(36)32-23-27-34(28-24-32)50-39-15-3-7-19-43(39)52-44-20-8-4-16-40(44)50/h1-30H. The van der Waals surface area contributed by atoms with E-state index in [1.165, 1.54) is 42.3 Å². The Morgan fingerprint density at radius 1 is 0.327 bits per heavy atom. The topological polar surface area (TPSA) is 32.3 Å². The van der Waals surface area contributed by atoms with Crippen molar-refractivity contribution < 1.29 is 0 Å². The molecule has 0 unspecified atom stereocenters. The van der Waals surface area contributed by atoms with Gasteiger partial charge < -0.3 is 9.80 Å². The summed E-state index contributed by atoms with van der Waals surface area (Å²) < 4.78 is 0. The Balaban J connectivity index is 1.01. The van der Waals surface area contributed by atoms with Crippen LogP contribution in [0.2, 0.25) is 0 Å². The number of anilines is 6. The number of para-hydroxylation sites is 4. The van der Waals surface area contributed by atoms with Crippen LogP contribution in [0.4, 0.5) is 34.1 Å². The molecule has 2 aliphatic rings. The van der Waals surface area contributed by atoms with Gasteiger partial charge in [0.1, 0.15) is 0 Å². The molecule has 246 valence electrons. The summed E-state index contributed by atoms with van der Waals surface area (Å²) in [5, 5.41) is 0. The molecule has 52 heavy (non-hydrogen) atoms. The molecule has 0 N–H and O–H groups in total. The number of hydrogen-bond donors (Lipinski definition) is 0. The van der Waals surface area contributed by atoms with E-state index in [4.69, 9.17) is 9.97 Å². The maximum absolute atomic E-state index is 4.94. The molecular weight excluding hydrogens is 673 g/mol. The number of nitrogens with zero attached hydrogens (tertiary/aromatic N) is 4. The fourth-order valence-electron chi connectivity index (χ4n) is 7.21. The Labute approximate surface area is 311 Å². The van der Waals surface area contributed by atoms with Gasteiger partial charge in [-0.05, 0) is 84.9 Å². The second-order valence-electron chi connectivity index (χ2n) is 12.6. The van der Waals surface area contributed by atoms with E-state index in [9.17, 15) is 0 Å². The first-order chi connectivity index (χ1) is 25.8. The minimum Gasteiger partial charge on any atom is -0.308 e. The van der Waals surface area contributed by atoms with Crippen LogP contribution in [0, 0.1) is 0 Å². The van der Waals surface area contributed by atoms with Crippen LogP contribution < -0.4 is 9.80 Å². The summed E-state index contributed by atoms with van der Waals surface area (Å²) in [6.07, 6.45) is 3.75. The van der Waals surface area contributed by atoms with E-state index >= 15 is 0 Å². The van der Waals surface area contributed by atoms with Crippen LogP contribution >= 0.6 is 23.5 Å². The SMILES string of the molecule is c1ccc2c(c1)Sc1ccccc1N2c1ccc(-c2ncccc2-c2cccnc2-c2ccc(N3c4ccccc4Sc4ccccc43)cc2)cc1. The zero-order valence-electron chi connectivity index (χ0n) is 27.9. The van der Waals surface area contributed by atoms with Gasteiger partial charge in [-0.1, -0.05) is 108 Å². The Morgan fingerprint density at radius 3 is 1.00 bits per heavy atom. The minimum atomic E-state index is 0.925. The van der Waals surface area contributed by atoms with E-state index in [1.54, 1.807) is 0 Å². The summed E-state index contributed by atoms with van der Waals surface area (Å²) in [7, 11) is 0. The lowest BCUT2D eigenvalue weighted by Crippen LogP contribution is -2.14. The number of benzene rings is 6. The predicted molar refractivity (Wildman–Crippen MR) is 216 cm³/mol. The summed E-state index contributed by atoms with van der Waals surface area (Å²) in [4.78, 5) is 19.6. The predicted octanol–water partition coefficient (Wildman–Crippen LogP) is 13.3. The summed E-state index contributed by atoms with van der Waals surface area (Å²) in [5.41, 5.74) is 13.0. The van der Waals surface area contributed by atoms with Gasteiger partial charge in [0.2, 0.25) is 0 Å². The van der Waals surface area contributed by atoms with E-state index < -0.39 is 0 Å². The summed E-state index contributed by atoms with van der Waals surface area (Å²) in [6.45, 7) is 0. The largest absolute Gasteiger partial charge is 0.308 e. The molecular formula is C46H30N4S2. The molecule has 6 heteroatoms. The van der Waals surface area contributed by atoms with Gasteiger partial charge in [-0.15, -0.1) is 0 Å².